The zero-order chi connectivity index (χ0) is 18.5. The molecule has 0 atom stereocenters. The van der Waals surface area contributed by atoms with Crippen molar-refractivity contribution in [3.63, 3.8) is 0 Å². The van der Waals surface area contributed by atoms with Gasteiger partial charge in [-0.25, -0.2) is 0 Å². The minimum atomic E-state index is -0.719. The molecule has 0 bridgehead atoms. The topological polar surface area (TPSA) is 65.0 Å². The lowest BCUT2D eigenvalue weighted by Gasteiger charge is -2.14. The Kier molecular flexibility index (Phi) is 11.1. The third kappa shape index (κ3) is 8.98. The highest BCUT2D eigenvalue weighted by Gasteiger charge is 2.10. The van der Waals surface area contributed by atoms with Crippen LogP contribution in [-0.4, -0.2) is 38.0 Å². The number of benzene rings is 1. The quantitative estimate of drug-likeness (QED) is 0.478. The summed E-state index contributed by atoms with van der Waals surface area (Å²) in [6, 6.07) is 3.73. The van der Waals surface area contributed by atoms with Crippen molar-refractivity contribution >= 4 is 17.6 Å². The number of rotatable bonds is 14. The molecule has 0 aliphatic heterocycles. The zero-order valence-electron chi connectivity index (χ0n) is 15.2. The van der Waals surface area contributed by atoms with Gasteiger partial charge in [0.25, 0.3) is 0 Å². The Morgan fingerprint density at radius 1 is 1.08 bits per heavy atom. The van der Waals surface area contributed by atoms with Gasteiger partial charge in [0.2, 0.25) is 0 Å². The van der Waals surface area contributed by atoms with Crippen LogP contribution in [0.25, 0.3) is 0 Å². The number of aryl methyl sites for hydroxylation is 1. The number of ether oxygens (including phenoxy) is 3. The van der Waals surface area contributed by atoms with Crippen LogP contribution in [0.2, 0.25) is 5.02 Å². The lowest BCUT2D eigenvalue weighted by atomic mass is 10.0. The van der Waals surface area contributed by atoms with Crippen molar-refractivity contribution in [3.8, 4) is 11.5 Å². The maximum Gasteiger partial charge on any atom is 0.303 e. The van der Waals surface area contributed by atoms with Crippen LogP contribution in [0, 0.1) is 0 Å². The fraction of sp³-hybridized carbons (Fsp3) is 0.632. The minimum Gasteiger partial charge on any atom is -0.496 e. The molecule has 6 heteroatoms. The SMILES string of the molecule is CCOCCOc1cc(OC)c(CCCCCCCC(=O)O)cc1Cl. The van der Waals surface area contributed by atoms with Gasteiger partial charge in [0.1, 0.15) is 18.1 Å². The van der Waals surface area contributed by atoms with Crippen molar-refractivity contribution in [1.29, 1.82) is 0 Å². The fourth-order valence-corrected chi connectivity index (χ4v) is 2.79. The first-order chi connectivity index (χ1) is 12.1. The van der Waals surface area contributed by atoms with Crippen molar-refractivity contribution < 1.29 is 24.1 Å². The third-order valence-electron chi connectivity index (χ3n) is 3.86. The van der Waals surface area contributed by atoms with Gasteiger partial charge in [-0.15, -0.1) is 0 Å². The normalized spacial score (nSPS) is 10.7. The Morgan fingerprint density at radius 2 is 1.80 bits per heavy atom. The number of carboxylic acids is 1. The van der Waals surface area contributed by atoms with E-state index in [2.05, 4.69) is 0 Å². The second-order valence-corrected chi connectivity index (χ2v) is 6.21. The molecule has 0 aliphatic carbocycles. The summed E-state index contributed by atoms with van der Waals surface area (Å²) in [5.74, 6) is 0.667. The Labute approximate surface area is 155 Å². The van der Waals surface area contributed by atoms with Gasteiger partial charge in [0.05, 0.1) is 18.7 Å². The van der Waals surface area contributed by atoms with Crippen molar-refractivity contribution in [2.45, 2.75) is 51.9 Å². The maximum atomic E-state index is 10.5. The van der Waals surface area contributed by atoms with Crippen LogP contribution >= 0.6 is 11.6 Å². The van der Waals surface area contributed by atoms with Gasteiger partial charge in [-0.2, -0.15) is 0 Å². The van der Waals surface area contributed by atoms with E-state index in [1.807, 2.05) is 19.1 Å². The molecule has 0 radical (unpaired) electrons. The van der Waals surface area contributed by atoms with Gasteiger partial charge in [-0.1, -0.05) is 30.9 Å². The highest BCUT2D eigenvalue weighted by Crippen LogP contribution is 2.33. The minimum absolute atomic E-state index is 0.258. The number of hydrogen-bond donors (Lipinski definition) is 1. The second-order valence-electron chi connectivity index (χ2n) is 5.80. The molecular weight excluding hydrogens is 344 g/mol. The molecule has 0 fully saturated rings. The largest absolute Gasteiger partial charge is 0.496 e. The molecule has 1 N–H and O–H groups in total. The number of halogens is 1. The van der Waals surface area contributed by atoms with Gasteiger partial charge >= 0.3 is 5.97 Å². The van der Waals surface area contributed by atoms with E-state index in [0.717, 1.165) is 49.8 Å². The molecular formula is C19H29ClO5. The molecule has 5 nitrogen and oxygen atoms in total. The van der Waals surface area contributed by atoms with Crippen LogP contribution in [0.1, 0.15) is 51.0 Å². The average molecular weight is 373 g/mol. The van der Waals surface area contributed by atoms with Crippen molar-refractivity contribution in [1.82, 2.24) is 0 Å². The zero-order valence-corrected chi connectivity index (χ0v) is 15.9. The molecule has 142 valence electrons. The van der Waals surface area contributed by atoms with Gasteiger partial charge in [0, 0.05) is 19.1 Å². The van der Waals surface area contributed by atoms with Crippen LogP contribution in [0.15, 0.2) is 12.1 Å². The summed E-state index contributed by atoms with van der Waals surface area (Å²) in [5, 5.41) is 9.19. The maximum absolute atomic E-state index is 10.5. The second kappa shape index (κ2) is 12.8. The average Bonchev–Trinajstić information content (AvgIpc) is 2.59. The molecule has 0 amide bonds. The number of aliphatic carboxylic acids is 1. The van der Waals surface area contributed by atoms with Gasteiger partial charge in [-0.3, -0.25) is 4.79 Å². The first-order valence-corrected chi connectivity index (χ1v) is 9.25. The van der Waals surface area contributed by atoms with Gasteiger partial charge < -0.3 is 19.3 Å². The molecule has 0 aromatic heterocycles. The third-order valence-corrected chi connectivity index (χ3v) is 4.16. The monoisotopic (exact) mass is 372 g/mol. The summed E-state index contributed by atoms with van der Waals surface area (Å²) in [5.41, 5.74) is 1.06. The van der Waals surface area contributed by atoms with Crippen molar-refractivity contribution in [2.24, 2.45) is 0 Å². The molecule has 1 rings (SSSR count). The summed E-state index contributed by atoms with van der Waals surface area (Å²) in [6.45, 7) is 3.58. The lowest BCUT2D eigenvalue weighted by Crippen LogP contribution is -2.07. The summed E-state index contributed by atoms with van der Waals surface area (Å²) in [7, 11) is 1.64. The smallest absolute Gasteiger partial charge is 0.303 e. The van der Waals surface area contributed by atoms with Crippen LogP contribution < -0.4 is 9.47 Å². The van der Waals surface area contributed by atoms with Crippen LogP contribution in [-0.2, 0) is 16.0 Å². The molecule has 0 saturated carbocycles. The van der Waals surface area contributed by atoms with E-state index in [9.17, 15) is 4.79 Å². The van der Waals surface area contributed by atoms with E-state index in [4.69, 9.17) is 30.9 Å². The molecule has 25 heavy (non-hydrogen) atoms. The summed E-state index contributed by atoms with van der Waals surface area (Å²) < 4.78 is 16.3. The predicted molar refractivity (Wildman–Crippen MR) is 99.0 cm³/mol. The Hall–Kier alpha value is -1.46. The molecule has 1 aromatic carbocycles. The molecule has 1 aromatic rings. The number of hydrogen-bond acceptors (Lipinski definition) is 4. The van der Waals surface area contributed by atoms with E-state index in [1.54, 1.807) is 7.11 Å². The van der Waals surface area contributed by atoms with Crippen molar-refractivity contribution in [2.75, 3.05) is 26.9 Å². The van der Waals surface area contributed by atoms with E-state index in [0.29, 0.717) is 30.6 Å². The fourth-order valence-electron chi connectivity index (χ4n) is 2.55. The Balaban J connectivity index is 2.42. The lowest BCUT2D eigenvalue weighted by molar-refractivity contribution is -0.137. The van der Waals surface area contributed by atoms with Crippen molar-refractivity contribution in [3.05, 3.63) is 22.7 Å². The molecule has 0 aliphatic rings. The molecule has 0 heterocycles. The van der Waals surface area contributed by atoms with E-state index < -0.39 is 5.97 Å². The highest BCUT2D eigenvalue weighted by atomic mass is 35.5. The van der Waals surface area contributed by atoms with Gasteiger partial charge in [0.15, 0.2) is 0 Å². The summed E-state index contributed by atoms with van der Waals surface area (Å²) in [6.07, 6.45) is 5.96. The number of carboxylic acid groups (broad SMARTS) is 1. The summed E-state index contributed by atoms with van der Waals surface area (Å²) >= 11 is 6.31. The Morgan fingerprint density at radius 3 is 2.48 bits per heavy atom. The number of methoxy groups -OCH3 is 1. The van der Waals surface area contributed by atoms with Crippen LogP contribution in [0.3, 0.4) is 0 Å². The molecule has 0 unspecified atom stereocenters. The van der Waals surface area contributed by atoms with E-state index in [1.165, 1.54) is 0 Å². The summed E-state index contributed by atoms with van der Waals surface area (Å²) in [4.78, 5) is 10.5. The van der Waals surface area contributed by atoms with Crippen LogP contribution in [0.5, 0.6) is 11.5 Å². The Bertz CT molecular complexity index is 519. The predicted octanol–water partition coefficient (Wildman–Crippen LogP) is 4.73. The van der Waals surface area contributed by atoms with E-state index >= 15 is 0 Å². The van der Waals surface area contributed by atoms with E-state index in [-0.39, 0.29) is 6.42 Å². The molecule has 0 spiro atoms. The number of unbranched alkanes of at least 4 members (excludes halogenated alkanes) is 4. The molecule has 0 saturated heterocycles. The first-order valence-electron chi connectivity index (χ1n) is 8.87. The number of carbonyl (C=O) groups is 1. The standard InChI is InChI=1S/C19H29ClO5/c1-3-24-11-12-25-18-14-17(23-2)15(13-16(18)20)9-7-5-4-6-8-10-19(21)22/h13-14H,3-12H2,1-2H3,(H,21,22). The first kappa shape index (κ1) is 21.6. The van der Waals surface area contributed by atoms with Crippen LogP contribution in [0.4, 0.5) is 0 Å². The highest BCUT2D eigenvalue weighted by molar-refractivity contribution is 6.32. The van der Waals surface area contributed by atoms with Gasteiger partial charge in [-0.05, 0) is 37.8 Å².